The highest BCUT2D eigenvalue weighted by molar-refractivity contribution is 5.67. The van der Waals surface area contributed by atoms with Crippen LogP contribution in [0.1, 0.15) is 0 Å². The number of hydrogen-bond acceptors (Lipinski definition) is 4. The molecule has 0 aliphatic carbocycles. The minimum Gasteiger partial charge on any atom is -0.481 e. The Morgan fingerprint density at radius 1 is 1.29 bits per heavy atom. The predicted molar refractivity (Wildman–Crippen MR) is 78.1 cm³/mol. The quantitative estimate of drug-likeness (QED) is 0.771. The Hall–Kier alpha value is -2.89. The lowest BCUT2D eigenvalue weighted by atomic mass is 10.2. The average molecular weight is 284 g/mol. The third-order valence-electron chi connectivity index (χ3n) is 2.94. The van der Waals surface area contributed by atoms with E-state index >= 15 is 0 Å². The van der Waals surface area contributed by atoms with Gasteiger partial charge in [0.2, 0.25) is 5.88 Å². The Balaban J connectivity index is 1.85. The van der Waals surface area contributed by atoms with Crippen LogP contribution in [0.4, 0.5) is 15.8 Å². The van der Waals surface area contributed by atoms with E-state index in [1.54, 1.807) is 25.4 Å². The predicted octanol–water partition coefficient (Wildman–Crippen LogP) is 3.36. The van der Waals surface area contributed by atoms with E-state index in [0.29, 0.717) is 11.6 Å². The van der Waals surface area contributed by atoms with Gasteiger partial charge in [-0.2, -0.15) is 0 Å². The first-order valence-electron chi connectivity index (χ1n) is 6.32. The Morgan fingerprint density at radius 3 is 3.00 bits per heavy atom. The van der Waals surface area contributed by atoms with Gasteiger partial charge >= 0.3 is 0 Å². The van der Waals surface area contributed by atoms with Gasteiger partial charge in [-0.25, -0.2) is 9.37 Å². The van der Waals surface area contributed by atoms with Crippen LogP contribution in [0.15, 0.2) is 48.9 Å². The number of anilines is 2. The lowest BCUT2D eigenvalue weighted by molar-refractivity contribution is 0.398. The first-order valence-corrected chi connectivity index (χ1v) is 6.32. The molecule has 0 amide bonds. The van der Waals surface area contributed by atoms with Crippen LogP contribution < -0.4 is 10.1 Å². The van der Waals surface area contributed by atoms with Crippen molar-refractivity contribution >= 4 is 11.4 Å². The number of H-pyrrole nitrogens is 1. The van der Waals surface area contributed by atoms with E-state index in [9.17, 15) is 4.39 Å². The maximum Gasteiger partial charge on any atom is 0.213 e. The van der Waals surface area contributed by atoms with Gasteiger partial charge in [-0.05, 0) is 18.2 Å². The lowest BCUT2D eigenvalue weighted by Crippen LogP contribution is -1.92. The van der Waals surface area contributed by atoms with Crippen molar-refractivity contribution < 1.29 is 9.13 Å². The molecule has 0 bridgehead atoms. The fourth-order valence-electron chi connectivity index (χ4n) is 1.92. The van der Waals surface area contributed by atoms with E-state index in [1.807, 2.05) is 18.2 Å². The number of ether oxygens (including phenoxy) is 1. The van der Waals surface area contributed by atoms with Gasteiger partial charge in [-0.3, -0.25) is 4.98 Å². The fourth-order valence-corrected chi connectivity index (χ4v) is 1.92. The van der Waals surface area contributed by atoms with Gasteiger partial charge in [0.15, 0.2) is 5.82 Å². The molecule has 3 heterocycles. The molecule has 0 aliphatic rings. The van der Waals surface area contributed by atoms with Crippen LogP contribution >= 0.6 is 0 Å². The second-order valence-corrected chi connectivity index (χ2v) is 4.35. The van der Waals surface area contributed by atoms with Crippen molar-refractivity contribution in [3.63, 3.8) is 0 Å². The van der Waals surface area contributed by atoms with Crippen molar-refractivity contribution in [1.82, 2.24) is 15.0 Å². The fraction of sp³-hybridized carbons (Fsp3) is 0.0667. The summed E-state index contributed by atoms with van der Waals surface area (Å²) in [6, 6.07) is 8.92. The molecule has 106 valence electrons. The number of aromatic nitrogens is 3. The minimum absolute atomic E-state index is 0.370. The van der Waals surface area contributed by atoms with E-state index < -0.39 is 5.82 Å². The molecule has 6 heteroatoms. The molecule has 3 aromatic rings. The zero-order valence-corrected chi connectivity index (χ0v) is 11.3. The number of nitrogens with one attached hydrogen (secondary N) is 2. The van der Waals surface area contributed by atoms with Crippen LogP contribution in [0.2, 0.25) is 0 Å². The van der Waals surface area contributed by atoms with Crippen LogP contribution in [0.25, 0.3) is 11.4 Å². The molecule has 3 aromatic heterocycles. The summed E-state index contributed by atoms with van der Waals surface area (Å²) in [5.41, 5.74) is 2.66. The summed E-state index contributed by atoms with van der Waals surface area (Å²) in [5, 5.41) is 2.99. The monoisotopic (exact) mass is 284 g/mol. The van der Waals surface area contributed by atoms with Crippen LogP contribution in [0.3, 0.4) is 0 Å². The molecule has 0 fully saturated rings. The molecule has 0 saturated carbocycles. The number of halogens is 1. The molecule has 0 unspecified atom stereocenters. The highest BCUT2D eigenvalue weighted by Crippen LogP contribution is 2.24. The first-order chi connectivity index (χ1) is 10.3. The van der Waals surface area contributed by atoms with Crippen molar-refractivity contribution in [2.24, 2.45) is 0 Å². The van der Waals surface area contributed by atoms with Gasteiger partial charge in [-0.15, -0.1) is 0 Å². The standard InChI is InChI=1S/C15H13FN4O/c1-21-15-4-2-3-13(20-15)14-7-10(8-18-14)19-12-5-6-17-9-11(12)16/h2-9,18H,1H3,(H,17,19). The van der Waals surface area contributed by atoms with Crippen molar-refractivity contribution in [3.8, 4) is 17.3 Å². The van der Waals surface area contributed by atoms with Gasteiger partial charge in [0.25, 0.3) is 0 Å². The number of nitrogens with zero attached hydrogens (tertiary/aromatic N) is 2. The van der Waals surface area contributed by atoms with Gasteiger partial charge < -0.3 is 15.0 Å². The number of hydrogen-bond donors (Lipinski definition) is 2. The molecule has 0 saturated heterocycles. The van der Waals surface area contributed by atoms with Crippen LogP contribution in [-0.4, -0.2) is 22.1 Å². The SMILES string of the molecule is COc1cccc(-c2cc(Nc3ccncc3F)c[nH]2)n1. The third-order valence-corrected chi connectivity index (χ3v) is 2.94. The van der Waals surface area contributed by atoms with Gasteiger partial charge in [0, 0.05) is 18.5 Å². The van der Waals surface area contributed by atoms with E-state index in [0.717, 1.165) is 17.1 Å². The second kappa shape index (κ2) is 5.62. The van der Waals surface area contributed by atoms with Crippen molar-refractivity contribution in [3.05, 3.63) is 54.7 Å². The molecule has 5 nitrogen and oxygen atoms in total. The van der Waals surface area contributed by atoms with Crippen molar-refractivity contribution in [2.75, 3.05) is 12.4 Å². The maximum absolute atomic E-state index is 13.5. The van der Waals surface area contributed by atoms with Crippen molar-refractivity contribution in [2.45, 2.75) is 0 Å². The smallest absolute Gasteiger partial charge is 0.213 e. The largest absolute Gasteiger partial charge is 0.481 e. The van der Waals surface area contributed by atoms with Gasteiger partial charge in [0.05, 0.1) is 36.1 Å². The first kappa shape index (κ1) is 13.1. The number of pyridine rings is 2. The summed E-state index contributed by atoms with van der Waals surface area (Å²) in [6.07, 6.45) is 4.44. The molecule has 0 atom stereocenters. The summed E-state index contributed by atoms with van der Waals surface area (Å²) in [4.78, 5) is 11.1. The normalized spacial score (nSPS) is 10.4. The Morgan fingerprint density at radius 2 is 2.19 bits per heavy atom. The maximum atomic E-state index is 13.5. The molecule has 21 heavy (non-hydrogen) atoms. The van der Waals surface area contributed by atoms with Crippen molar-refractivity contribution in [1.29, 1.82) is 0 Å². The van der Waals surface area contributed by atoms with Crippen LogP contribution in [0.5, 0.6) is 5.88 Å². The topological polar surface area (TPSA) is 62.8 Å². The molecule has 2 N–H and O–H groups in total. The molecular weight excluding hydrogens is 271 g/mol. The van der Waals surface area contributed by atoms with E-state index in [2.05, 4.69) is 20.3 Å². The Kier molecular flexibility index (Phi) is 3.51. The molecule has 0 aromatic carbocycles. The molecular formula is C15H13FN4O. The number of aromatic amines is 1. The number of rotatable bonds is 4. The minimum atomic E-state index is -0.403. The van der Waals surface area contributed by atoms with Crippen LogP contribution in [-0.2, 0) is 0 Å². The van der Waals surface area contributed by atoms with Gasteiger partial charge in [0.1, 0.15) is 0 Å². The summed E-state index contributed by atoms with van der Waals surface area (Å²) >= 11 is 0. The lowest BCUT2D eigenvalue weighted by Gasteiger charge is -2.03. The summed E-state index contributed by atoms with van der Waals surface area (Å²) in [6.45, 7) is 0. The summed E-state index contributed by atoms with van der Waals surface area (Å²) in [7, 11) is 1.57. The van der Waals surface area contributed by atoms with E-state index in [4.69, 9.17) is 4.74 Å². The Bertz CT molecular complexity index is 757. The van der Waals surface area contributed by atoms with Crippen LogP contribution in [0, 0.1) is 5.82 Å². The Labute approximate surface area is 120 Å². The zero-order chi connectivity index (χ0) is 14.7. The third kappa shape index (κ3) is 2.84. The molecule has 0 aliphatic heterocycles. The zero-order valence-electron chi connectivity index (χ0n) is 11.3. The highest BCUT2D eigenvalue weighted by atomic mass is 19.1. The summed E-state index contributed by atoms with van der Waals surface area (Å²) < 4.78 is 18.6. The van der Waals surface area contributed by atoms with Gasteiger partial charge in [-0.1, -0.05) is 6.07 Å². The number of methoxy groups -OCH3 is 1. The summed E-state index contributed by atoms with van der Waals surface area (Å²) in [5.74, 6) is 0.136. The molecule has 3 rings (SSSR count). The second-order valence-electron chi connectivity index (χ2n) is 4.35. The van der Waals surface area contributed by atoms with E-state index in [-0.39, 0.29) is 0 Å². The molecule has 0 spiro atoms. The van der Waals surface area contributed by atoms with E-state index in [1.165, 1.54) is 12.4 Å². The molecule has 0 radical (unpaired) electrons. The highest BCUT2D eigenvalue weighted by Gasteiger charge is 2.07. The average Bonchev–Trinajstić information content (AvgIpc) is 2.98.